The molecule has 2 rings (SSSR count). The number of nitrogens with two attached hydrogens (primary N) is 1. The molecular weight excluding hydrogens is 260 g/mol. The van der Waals surface area contributed by atoms with E-state index < -0.39 is 17.4 Å². The van der Waals surface area contributed by atoms with Crippen molar-refractivity contribution >= 4 is 11.8 Å². The van der Waals surface area contributed by atoms with Gasteiger partial charge in [-0.25, -0.2) is 0 Å². The van der Waals surface area contributed by atoms with Crippen molar-refractivity contribution in [2.24, 2.45) is 5.73 Å². The van der Waals surface area contributed by atoms with Crippen molar-refractivity contribution in [1.29, 1.82) is 0 Å². The van der Waals surface area contributed by atoms with Crippen molar-refractivity contribution in [3.63, 3.8) is 0 Å². The van der Waals surface area contributed by atoms with E-state index in [9.17, 15) is 9.59 Å². The molecule has 4 N–H and O–H groups in total. The zero-order valence-corrected chi connectivity index (χ0v) is 11.4. The number of hydrogen-bond donors (Lipinski definition) is 3. The van der Waals surface area contributed by atoms with Crippen molar-refractivity contribution in [3.8, 4) is 0 Å². The highest BCUT2D eigenvalue weighted by Gasteiger charge is 2.38. The fraction of sp³-hybridized carbons (Fsp3) is 0.571. The van der Waals surface area contributed by atoms with Crippen molar-refractivity contribution < 1.29 is 19.1 Å². The first kappa shape index (κ1) is 14.6. The summed E-state index contributed by atoms with van der Waals surface area (Å²) in [5, 5.41) is 11.7. The number of rotatable bonds is 4. The molecular formula is C14H20N2O4. The number of carbonyl (C=O) groups is 2. The molecule has 1 aliphatic rings. The summed E-state index contributed by atoms with van der Waals surface area (Å²) in [5.41, 5.74) is 4.52. The fourth-order valence-corrected chi connectivity index (χ4v) is 2.63. The molecule has 0 spiro atoms. The monoisotopic (exact) mass is 280 g/mol. The maximum Gasteiger partial charge on any atom is 0.287 e. The van der Waals surface area contributed by atoms with Gasteiger partial charge in [0.15, 0.2) is 5.76 Å². The molecule has 0 bridgehead atoms. The van der Waals surface area contributed by atoms with Crippen molar-refractivity contribution in [3.05, 3.63) is 23.7 Å². The number of carbonyl (C=O) groups excluding carboxylic acids is 2. The van der Waals surface area contributed by atoms with E-state index in [1.54, 1.807) is 0 Å². The summed E-state index contributed by atoms with van der Waals surface area (Å²) in [6, 6.07) is 3.01. The summed E-state index contributed by atoms with van der Waals surface area (Å²) in [5.74, 6) is -0.574. The van der Waals surface area contributed by atoms with Gasteiger partial charge in [-0.15, -0.1) is 0 Å². The van der Waals surface area contributed by atoms with Crippen LogP contribution in [0.15, 0.2) is 16.5 Å². The van der Waals surface area contributed by atoms with Gasteiger partial charge in [0.05, 0.1) is 0 Å². The van der Waals surface area contributed by atoms with E-state index in [4.69, 9.17) is 15.3 Å². The predicted octanol–water partition coefficient (Wildman–Crippen LogP) is 1.08. The Hall–Kier alpha value is -1.82. The van der Waals surface area contributed by atoms with Crippen LogP contribution in [0.1, 0.15) is 54.8 Å². The van der Waals surface area contributed by atoms with Gasteiger partial charge in [-0.3, -0.25) is 9.59 Å². The zero-order valence-electron chi connectivity index (χ0n) is 11.4. The van der Waals surface area contributed by atoms with Crippen LogP contribution in [-0.4, -0.2) is 22.5 Å². The second kappa shape index (κ2) is 6.09. The van der Waals surface area contributed by atoms with E-state index in [0.717, 1.165) is 25.7 Å². The van der Waals surface area contributed by atoms with Crippen LogP contribution in [0.3, 0.4) is 0 Å². The van der Waals surface area contributed by atoms with Crippen LogP contribution in [0.5, 0.6) is 0 Å². The maximum atomic E-state index is 12.2. The molecule has 1 aromatic rings. The van der Waals surface area contributed by atoms with Gasteiger partial charge in [0.2, 0.25) is 5.91 Å². The van der Waals surface area contributed by atoms with Crippen LogP contribution < -0.4 is 11.1 Å². The largest absolute Gasteiger partial charge is 0.453 e. The van der Waals surface area contributed by atoms with Gasteiger partial charge in [0, 0.05) is 0 Å². The summed E-state index contributed by atoms with van der Waals surface area (Å²) in [6.07, 6.45) is 4.93. The molecule has 110 valence electrons. The Morgan fingerprint density at radius 3 is 2.40 bits per heavy atom. The van der Waals surface area contributed by atoms with Gasteiger partial charge in [-0.2, -0.15) is 0 Å². The molecule has 6 nitrogen and oxygen atoms in total. The molecule has 0 saturated heterocycles. The molecule has 0 aliphatic heterocycles. The summed E-state index contributed by atoms with van der Waals surface area (Å²) < 4.78 is 5.18. The van der Waals surface area contributed by atoms with E-state index in [0.29, 0.717) is 18.6 Å². The van der Waals surface area contributed by atoms with Crippen molar-refractivity contribution in [1.82, 2.24) is 5.32 Å². The van der Waals surface area contributed by atoms with Gasteiger partial charge in [-0.1, -0.05) is 25.7 Å². The molecule has 1 fully saturated rings. The number of aliphatic hydroxyl groups excluding tert-OH is 1. The highest BCUT2D eigenvalue weighted by Crippen LogP contribution is 2.27. The molecule has 0 radical (unpaired) electrons. The minimum absolute atomic E-state index is 0.0823. The molecule has 1 saturated carbocycles. The highest BCUT2D eigenvalue weighted by atomic mass is 16.4. The topological polar surface area (TPSA) is 106 Å². The summed E-state index contributed by atoms with van der Waals surface area (Å²) in [7, 11) is 0. The zero-order chi connectivity index (χ0) is 14.6. The normalized spacial score (nSPS) is 18.2. The number of aliphatic hydroxyl groups is 1. The van der Waals surface area contributed by atoms with E-state index in [-0.39, 0.29) is 12.4 Å². The maximum absolute atomic E-state index is 12.2. The molecule has 2 amide bonds. The lowest BCUT2D eigenvalue weighted by molar-refractivity contribution is -0.124. The standard InChI is InChI=1S/C14H20N2O4/c15-13(19)14(7-3-1-2-4-8-14)16-12(18)11-6-5-10(9-17)20-11/h5-6,17H,1-4,7-9H2,(H2,15,19)(H,16,18). The Balaban J connectivity index is 2.14. The Labute approximate surface area is 117 Å². The van der Waals surface area contributed by atoms with E-state index in [1.165, 1.54) is 12.1 Å². The predicted molar refractivity (Wildman–Crippen MR) is 71.7 cm³/mol. The van der Waals surface area contributed by atoms with Gasteiger partial charge in [-0.05, 0) is 25.0 Å². The Morgan fingerprint density at radius 1 is 1.25 bits per heavy atom. The molecule has 1 aliphatic carbocycles. The van der Waals surface area contributed by atoms with Gasteiger partial charge < -0.3 is 20.6 Å². The third-order valence-corrected chi connectivity index (χ3v) is 3.82. The first-order chi connectivity index (χ1) is 9.57. The highest BCUT2D eigenvalue weighted by molar-refractivity contribution is 5.97. The molecule has 0 aromatic carbocycles. The molecule has 6 heteroatoms. The Bertz CT molecular complexity index is 487. The molecule has 1 heterocycles. The van der Waals surface area contributed by atoms with Gasteiger partial charge in [0.1, 0.15) is 17.9 Å². The minimum atomic E-state index is -0.986. The number of amides is 2. The average molecular weight is 280 g/mol. The smallest absolute Gasteiger partial charge is 0.287 e. The molecule has 1 aromatic heterocycles. The van der Waals surface area contributed by atoms with Crippen LogP contribution >= 0.6 is 0 Å². The number of primary amides is 1. The Morgan fingerprint density at radius 2 is 1.90 bits per heavy atom. The fourth-order valence-electron chi connectivity index (χ4n) is 2.63. The summed E-state index contributed by atoms with van der Waals surface area (Å²) in [4.78, 5) is 24.0. The van der Waals surface area contributed by atoms with E-state index >= 15 is 0 Å². The lowest BCUT2D eigenvalue weighted by Gasteiger charge is -2.30. The molecule has 0 unspecified atom stereocenters. The number of hydrogen-bond acceptors (Lipinski definition) is 4. The first-order valence-corrected chi connectivity index (χ1v) is 6.89. The van der Waals surface area contributed by atoms with Crippen LogP contribution in [-0.2, 0) is 11.4 Å². The first-order valence-electron chi connectivity index (χ1n) is 6.89. The second-order valence-corrected chi connectivity index (χ2v) is 5.24. The molecule has 20 heavy (non-hydrogen) atoms. The summed E-state index contributed by atoms with van der Waals surface area (Å²) in [6.45, 7) is -0.270. The third-order valence-electron chi connectivity index (χ3n) is 3.82. The lowest BCUT2D eigenvalue weighted by Crippen LogP contribution is -2.57. The van der Waals surface area contributed by atoms with Gasteiger partial charge >= 0.3 is 0 Å². The molecule has 0 atom stereocenters. The quantitative estimate of drug-likeness (QED) is 0.717. The van der Waals surface area contributed by atoms with E-state index in [1.807, 2.05) is 0 Å². The Kier molecular flexibility index (Phi) is 4.44. The number of furan rings is 1. The average Bonchev–Trinajstić information content (AvgIpc) is 2.79. The summed E-state index contributed by atoms with van der Waals surface area (Å²) >= 11 is 0. The SMILES string of the molecule is NC(=O)C1(NC(=O)c2ccc(CO)o2)CCCCCC1. The van der Waals surface area contributed by atoms with Crippen molar-refractivity contribution in [2.75, 3.05) is 0 Å². The lowest BCUT2D eigenvalue weighted by atomic mass is 9.89. The van der Waals surface area contributed by atoms with Crippen LogP contribution in [0.2, 0.25) is 0 Å². The van der Waals surface area contributed by atoms with Gasteiger partial charge in [0.25, 0.3) is 5.91 Å². The van der Waals surface area contributed by atoms with Crippen LogP contribution in [0, 0.1) is 0 Å². The second-order valence-electron chi connectivity index (χ2n) is 5.24. The van der Waals surface area contributed by atoms with E-state index in [2.05, 4.69) is 5.32 Å². The minimum Gasteiger partial charge on any atom is -0.453 e. The third kappa shape index (κ3) is 3.01. The van der Waals surface area contributed by atoms with Crippen molar-refractivity contribution in [2.45, 2.75) is 50.7 Å². The van der Waals surface area contributed by atoms with Crippen LogP contribution in [0.25, 0.3) is 0 Å². The van der Waals surface area contributed by atoms with Crippen LogP contribution in [0.4, 0.5) is 0 Å². The number of nitrogens with one attached hydrogen (secondary N) is 1.